The van der Waals surface area contributed by atoms with Crippen molar-refractivity contribution in [2.45, 2.75) is 13.2 Å². The van der Waals surface area contributed by atoms with Crippen molar-refractivity contribution in [2.75, 3.05) is 5.32 Å². The molecule has 0 aliphatic heterocycles. The maximum absolute atomic E-state index is 13.1. The number of carbonyl (C=O) groups is 1. The maximum atomic E-state index is 13.1. The van der Waals surface area contributed by atoms with Crippen LogP contribution in [0.4, 0.5) is 10.2 Å². The molecule has 0 unspecified atom stereocenters. The smallest absolute Gasteiger partial charge is 0.292 e. The zero-order valence-electron chi connectivity index (χ0n) is 16.6. The Morgan fingerprint density at radius 1 is 1.03 bits per heavy atom. The second-order valence-electron chi connectivity index (χ2n) is 6.81. The fourth-order valence-corrected chi connectivity index (χ4v) is 3.83. The minimum Gasteiger partial charge on any atom is -0.484 e. The number of hydrogen-bond donors (Lipinski definition) is 1. The molecule has 2 aromatic carbocycles. The maximum Gasteiger partial charge on any atom is 0.292 e. The van der Waals surface area contributed by atoms with Crippen molar-refractivity contribution in [1.29, 1.82) is 0 Å². The van der Waals surface area contributed by atoms with Gasteiger partial charge in [0.05, 0.1) is 11.6 Å². The van der Waals surface area contributed by atoms with Crippen LogP contribution in [0.1, 0.15) is 21.9 Å². The van der Waals surface area contributed by atoms with Crippen molar-refractivity contribution in [1.82, 2.24) is 9.78 Å². The second kappa shape index (κ2) is 10.1. The number of rotatable bonds is 7. The van der Waals surface area contributed by atoms with Crippen LogP contribution in [0.5, 0.6) is 5.75 Å². The monoisotopic (exact) mass is 527 g/mol. The third-order valence-electron chi connectivity index (χ3n) is 4.48. The number of nitrogens with one attached hydrogen (secondary N) is 1. The Morgan fingerprint density at radius 3 is 2.52 bits per heavy atom. The topological polar surface area (TPSA) is 69.3 Å². The van der Waals surface area contributed by atoms with E-state index in [-0.39, 0.29) is 40.5 Å². The molecule has 4 rings (SSSR count). The molecular weight excluding hydrogens is 515 g/mol. The summed E-state index contributed by atoms with van der Waals surface area (Å²) in [6.45, 7) is 0.259. The van der Waals surface area contributed by atoms with Gasteiger partial charge in [-0.05, 0) is 42.5 Å². The van der Waals surface area contributed by atoms with Crippen molar-refractivity contribution < 1.29 is 18.3 Å². The molecule has 170 valence electrons. The van der Waals surface area contributed by atoms with Gasteiger partial charge in [0.1, 0.15) is 29.0 Å². The molecule has 33 heavy (non-hydrogen) atoms. The van der Waals surface area contributed by atoms with Gasteiger partial charge in [-0.25, -0.2) is 4.39 Å². The molecule has 2 heterocycles. The van der Waals surface area contributed by atoms with Gasteiger partial charge in [0, 0.05) is 21.8 Å². The molecule has 0 atom stereocenters. The normalized spacial score (nSPS) is 10.9. The molecule has 0 aliphatic carbocycles. The lowest BCUT2D eigenvalue weighted by molar-refractivity contribution is 0.0992. The summed E-state index contributed by atoms with van der Waals surface area (Å²) in [5.41, 5.74) is 0.676. The van der Waals surface area contributed by atoms with Gasteiger partial charge in [-0.3, -0.25) is 9.48 Å². The third-order valence-corrected chi connectivity index (χ3v) is 5.76. The van der Waals surface area contributed by atoms with E-state index in [1.54, 1.807) is 30.5 Å². The number of carbonyl (C=O) groups excluding carboxylic acids is 1. The lowest BCUT2D eigenvalue weighted by Gasteiger charge is -2.07. The number of furan rings is 1. The van der Waals surface area contributed by atoms with Crippen molar-refractivity contribution in [3.63, 3.8) is 0 Å². The molecule has 0 radical (unpaired) electrons. The zero-order chi connectivity index (χ0) is 23.5. The largest absolute Gasteiger partial charge is 0.484 e. The average Bonchev–Trinajstić information content (AvgIpc) is 3.37. The third kappa shape index (κ3) is 5.62. The van der Waals surface area contributed by atoms with Gasteiger partial charge >= 0.3 is 0 Å². The molecular formula is C22H14Cl4FN3O3. The van der Waals surface area contributed by atoms with E-state index in [4.69, 9.17) is 55.6 Å². The first-order valence-electron chi connectivity index (χ1n) is 9.44. The first-order valence-corrected chi connectivity index (χ1v) is 10.9. The Bertz CT molecular complexity index is 1300. The summed E-state index contributed by atoms with van der Waals surface area (Å²) in [7, 11) is 0. The molecule has 0 saturated heterocycles. The van der Waals surface area contributed by atoms with Crippen LogP contribution in [-0.4, -0.2) is 15.7 Å². The molecule has 0 spiro atoms. The number of aromatic nitrogens is 2. The Labute approximate surface area is 207 Å². The standard InChI is InChI=1S/C22H14Cl4FN3O3/c23-15-2-1-3-16(24)14(15)9-30-10-18(26)21(29-30)28-22(31)20-7-5-13(33-20)11-32-19-6-4-12(27)8-17(19)25/h1-8,10H,9,11H2,(H,28,29,31). The van der Waals surface area contributed by atoms with Gasteiger partial charge in [-0.1, -0.05) is 52.5 Å². The molecule has 0 fully saturated rings. The SMILES string of the molecule is O=C(Nc1nn(Cc2c(Cl)cccc2Cl)cc1Cl)c1ccc(COc2ccc(F)cc2Cl)o1. The minimum atomic E-state index is -0.552. The Morgan fingerprint density at radius 2 is 1.79 bits per heavy atom. The van der Waals surface area contributed by atoms with Crippen LogP contribution in [0.2, 0.25) is 20.1 Å². The molecule has 0 aliphatic rings. The van der Waals surface area contributed by atoms with Gasteiger partial charge < -0.3 is 14.5 Å². The number of ether oxygens (including phenoxy) is 1. The molecule has 0 saturated carbocycles. The van der Waals surface area contributed by atoms with Crippen LogP contribution in [0.3, 0.4) is 0 Å². The fourth-order valence-electron chi connectivity index (χ4n) is 2.90. The van der Waals surface area contributed by atoms with E-state index in [2.05, 4.69) is 10.4 Å². The summed E-state index contributed by atoms with van der Waals surface area (Å²) in [4.78, 5) is 12.6. The van der Waals surface area contributed by atoms with Crippen LogP contribution in [0.25, 0.3) is 0 Å². The van der Waals surface area contributed by atoms with Crippen LogP contribution >= 0.6 is 46.4 Å². The van der Waals surface area contributed by atoms with Crippen LogP contribution in [0.15, 0.2) is 59.1 Å². The summed E-state index contributed by atoms with van der Waals surface area (Å²) in [6.07, 6.45) is 1.55. The van der Waals surface area contributed by atoms with E-state index in [0.29, 0.717) is 21.4 Å². The first kappa shape index (κ1) is 23.4. The van der Waals surface area contributed by atoms with Crippen molar-refractivity contribution in [3.8, 4) is 5.75 Å². The van der Waals surface area contributed by atoms with Crippen LogP contribution in [0, 0.1) is 5.82 Å². The molecule has 4 aromatic rings. The number of hydrogen-bond acceptors (Lipinski definition) is 4. The predicted molar refractivity (Wildman–Crippen MR) is 125 cm³/mol. The van der Waals surface area contributed by atoms with Crippen molar-refractivity contribution >= 4 is 58.1 Å². The molecule has 6 nitrogen and oxygen atoms in total. The lowest BCUT2D eigenvalue weighted by Crippen LogP contribution is -2.12. The lowest BCUT2D eigenvalue weighted by atomic mass is 10.2. The molecule has 11 heteroatoms. The minimum absolute atomic E-state index is 0.00733. The van der Waals surface area contributed by atoms with Gasteiger partial charge in [0.15, 0.2) is 11.6 Å². The number of nitrogens with zero attached hydrogens (tertiary/aromatic N) is 2. The van der Waals surface area contributed by atoms with Crippen LogP contribution in [-0.2, 0) is 13.2 Å². The predicted octanol–water partition coefficient (Wildman–Crippen LogP) is 7.11. The number of amides is 1. The van der Waals surface area contributed by atoms with Crippen molar-refractivity contribution in [3.05, 3.63) is 97.7 Å². The average molecular weight is 529 g/mol. The Hall–Kier alpha value is -2.71. The van der Waals surface area contributed by atoms with Gasteiger partial charge in [-0.2, -0.15) is 5.10 Å². The fraction of sp³-hybridized carbons (Fsp3) is 0.0909. The summed E-state index contributed by atoms with van der Waals surface area (Å²) >= 11 is 24.5. The van der Waals surface area contributed by atoms with E-state index < -0.39 is 11.7 Å². The number of benzene rings is 2. The highest BCUT2D eigenvalue weighted by atomic mass is 35.5. The molecule has 2 aromatic heterocycles. The summed E-state index contributed by atoms with van der Waals surface area (Å²) in [6, 6.07) is 12.0. The van der Waals surface area contributed by atoms with E-state index in [0.717, 1.165) is 6.07 Å². The summed E-state index contributed by atoms with van der Waals surface area (Å²) in [5, 5.41) is 8.22. The van der Waals surface area contributed by atoms with E-state index in [9.17, 15) is 9.18 Å². The summed E-state index contributed by atoms with van der Waals surface area (Å²) < 4.78 is 25.7. The molecule has 0 bridgehead atoms. The number of anilines is 1. The Kier molecular flexibility index (Phi) is 7.14. The second-order valence-corrected chi connectivity index (χ2v) is 8.44. The zero-order valence-corrected chi connectivity index (χ0v) is 19.6. The van der Waals surface area contributed by atoms with E-state index in [1.165, 1.54) is 22.9 Å². The van der Waals surface area contributed by atoms with Crippen molar-refractivity contribution in [2.24, 2.45) is 0 Å². The van der Waals surface area contributed by atoms with E-state index in [1.807, 2.05) is 0 Å². The quantitative estimate of drug-likeness (QED) is 0.277. The highest BCUT2D eigenvalue weighted by molar-refractivity contribution is 6.36. The van der Waals surface area contributed by atoms with Gasteiger partial charge in [0.2, 0.25) is 0 Å². The Balaban J connectivity index is 1.40. The number of halogens is 5. The van der Waals surface area contributed by atoms with E-state index >= 15 is 0 Å². The molecule has 1 amide bonds. The van der Waals surface area contributed by atoms with Crippen LogP contribution < -0.4 is 10.1 Å². The van der Waals surface area contributed by atoms with Gasteiger partial charge in [-0.15, -0.1) is 0 Å². The van der Waals surface area contributed by atoms with Gasteiger partial charge in [0.25, 0.3) is 5.91 Å². The summed E-state index contributed by atoms with van der Waals surface area (Å²) in [5.74, 6) is -0.193. The molecule has 1 N–H and O–H groups in total. The highest BCUT2D eigenvalue weighted by Gasteiger charge is 2.17. The first-order chi connectivity index (χ1) is 15.8. The highest BCUT2D eigenvalue weighted by Crippen LogP contribution is 2.28.